The van der Waals surface area contributed by atoms with Crippen LogP contribution in [0.1, 0.15) is 38.8 Å². The molecule has 0 bridgehead atoms. The summed E-state index contributed by atoms with van der Waals surface area (Å²) in [4.78, 5) is 28.4. The van der Waals surface area contributed by atoms with Gasteiger partial charge in [-0.1, -0.05) is 42.0 Å². The number of benzene rings is 2. The Bertz CT molecular complexity index is 964. The van der Waals surface area contributed by atoms with E-state index in [1.54, 1.807) is 11.3 Å². The molecular formula is C22H20N2O2S. The van der Waals surface area contributed by atoms with Crippen molar-refractivity contribution >= 4 is 28.8 Å². The number of carbonyl (C=O) groups excluding carboxylic acids is 2. The molecule has 2 heterocycles. The first-order valence-electron chi connectivity index (χ1n) is 8.90. The van der Waals surface area contributed by atoms with Gasteiger partial charge in [-0.2, -0.15) is 0 Å². The Hall–Kier alpha value is -2.92. The van der Waals surface area contributed by atoms with Gasteiger partial charge >= 0.3 is 0 Å². The molecule has 0 unspecified atom stereocenters. The summed E-state index contributed by atoms with van der Waals surface area (Å²) in [5.74, 6) is -0.104. The fraction of sp³-hybridized carbons (Fsp3) is 0.182. The molecule has 5 heteroatoms. The highest BCUT2D eigenvalue weighted by atomic mass is 32.1. The van der Waals surface area contributed by atoms with E-state index in [-0.39, 0.29) is 24.3 Å². The Labute approximate surface area is 162 Å². The monoisotopic (exact) mass is 376 g/mol. The number of thiophene rings is 1. The van der Waals surface area contributed by atoms with Gasteiger partial charge in [0.15, 0.2) is 0 Å². The summed E-state index contributed by atoms with van der Waals surface area (Å²) in [6, 6.07) is 19.1. The number of nitrogens with zero attached hydrogens (tertiary/aromatic N) is 1. The molecule has 0 fully saturated rings. The Morgan fingerprint density at radius 3 is 2.59 bits per heavy atom. The van der Waals surface area contributed by atoms with E-state index >= 15 is 0 Å². The summed E-state index contributed by atoms with van der Waals surface area (Å²) in [5, 5.41) is 4.93. The minimum absolute atomic E-state index is 0.00728. The molecule has 1 N–H and O–H groups in total. The zero-order chi connectivity index (χ0) is 18.8. The third kappa shape index (κ3) is 3.64. The maximum Gasteiger partial charge on any atom is 0.255 e. The molecule has 3 aromatic rings. The second kappa shape index (κ2) is 7.37. The number of hydrogen-bond acceptors (Lipinski definition) is 3. The number of fused-ring (bicyclic) bond motifs is 1. The molecule has 0 saturated carbocycles. The maximum absolute atomic E-state index is 12.9. The molecule has 1 aliphatic heterocycles. The highest BCUT2D eigenvalue weighted by Gasteiger charge is 2.34. The molecular weight excluding hydrogens is 356 g/mol. The van der Waals surface area contributed by atoms with Crippen LogP contribution in [0, 0.1) is 6.92 Å². The van der Waals surface area contributed by atoms with E-state index < -0.39 is 0 Å². The first-order valence-corrected chi connectivity index (χ1v) is 9.78. The molecule has 2 aromatic carbocycles. The molecule has 0 spiro atoms. The summed E-state index contributed by atoms with van der Waals surface area (Å²) in [6.45, 7) is 2.55. The van der Waals surface area contributed by atoms with E-state index in [4.69, 9.17) is 0 Å². The quantitative estimate of drug-likeness (QED) is 0.696. The third-order valence-electron chi connectivity index (χ3n) is 4.81. The summed E-state index contributed by atoms with van der Waals surface area (Å²) in [5.41, 5.74) is 3.66. The second-order valence-electron chi connectivity index (χ2n) is 6.74. The fourth-order valence-electron chi connectivity index (χ4n) is 3.40. The van der Waals surface area contributed by atoms with Crippen molar-refractivity contribution in [2.45, 2.75) is 25.9 Å². The first-order chi connectivity index (χ1) is 13.1. The van der Waals surface area contributed by atoms with Crippen molar-refractivity contribution in [2.75, 3.05) is 5.32 Å². The van der Waals surface area contributed by atoms with Crippen LogP contribution >= 0.6 is 11.3 Å². The van der Waals surface area contributed by atoms with Crippen molar-refractivity contribution < 1.29 is 9.59 Å². The van der Waals surface area contributed by atoms with E-state index in [9.17, 15) is 9.59 Å². The number of rotatable bonds is 5. The van der Waals surface area contributed by atoms with Gasteiger partial charge in [-0.05, 0) is 42.1 Å². The van der Waals surface area contributed by atoms with Crippen LogP contribution in [0.5, 0.6) is 0 Å². The van der Waals surface area contributed by atoms with Crippen LogP contribution in [0.3, 0.4) is 0 Å². The van der Waals surface area contributed by atoms with Crippen molar-refractivity contribution in [3.8, 4) is 0 Å². The third-order valence-corrected chi connectivity index (χ3v) is 5.78. The average molecular weight is 376 g/mol. The van der Waals surface area contributed by atoms with Gasteiger partial charge in [-0.15, -0.1) is 11.3 Å². The maximum atomic E-state index is 12.9. The molecule has 0 aliphatic carbocycles. The van der Waals surface area contributed by atoms with Crippen LogP contribution in [0.4, 0.5) is 5.69 Å². The Morgan fingerprint density at radius 1 is 1.11 bits per heavy atom. The molecule has 1 atom stereocenters. The lowest BCUT2D eigenvalue weighted by molar-refractivity contribution is -0.117. The van der Waals surface area contributed by atoms with Gasteiger partial charge < -0.3 is 10.2 Å². The number of hydrogen-bond donors (Lipinski definition) is 1. The number of amides is 2. The lowest BCUT2D eigenvalue weighted by atomic mass is 10.1. The fourth-order valence-corrected chi connectivity index (χ4v) is 4.24. The van der Waals surface area contributed by atoms with E-state index in [0.29, 0.717) is 6.54 Å². The minimum atomic E-state index is -0.268. The summed E-state index contributed by atoms with van der Waals surface area (Å²) >= 11 is 1.57. The molecule has 1 aliphatic rings. The number of anilines is 1. The molecule has 27 heavy (non-hydrogen) atoms. The number of aryl methyl sites for hydroxylation is 1. The molecule has 4 nitrogen and oxygen atoms in total. The molecule has 0 saturated heterocycles. The molecule has 136 valence electrons. The van der Waals surface area contributed by atoms with E-state index in [2.05, 4.69) is 5.32 Å². The predicted octanol–water partition coefficient (Wildman–Crippen LogP) is 4.78. The SMILES string of the molecule is Cc1ccc(NC(=O)C[C@H](c2cccs2)N2Cc3ccccc3C2=O)cc1. The van der Waals surface area contributed by atoms with Crippen molar-refractivity contribution in [3.63, 3.8) is 0 Å². The van der Waals surface area contributed by atoms with Crippen LogP contribution in [0.15, 0.2) is 66.0 Å². The van der Waals surface area contributed by atoms with Gasteiger partial charge in [0, 0.05) is 22.7 Å². The van der Waals surface area contributed by atoms with E-state index in [1.807, 2.05) is 77.9 Å². The molecule has 1 aromatic heterocycles. The topological polar surface area (TPSA) is 49.4 Å². The van der Waals surface area contributed by atoms with Crippen molar-refractivity contribution in [2.24, 2.45) is 0 Å². The van der Waals surface area contributed by atoms with E-state index in [1.165, 1.54) is 0 Å². The van der Waals surface area contributed by atoms with Crippen LogP contribution in [0.25, 0.3) is 0 Å². The first kappa shape index (κ1) is 17.5. The van der Waals surface area contributed by atoms with E-state index in [0.717, 1.165) is 27.3 Å². The second-order valence-corrected chi connectivity index (χ2v) is 7.72. The van der Waals surface area contributed by atoms with Crippen LogP contribution in [-0.2, 0) is 11.3 Å². The standard InChI is InChI=1S/C22H20N2O2S/c1-15-8-10-17(11-9-15)23-21(25)13-19(20-7-4-12-27-20)24-14-16-5-2-3-6-18(16)22(24)26/h2-12,19H,13-14H2,1H3,(H,23,25)/t19-/m1/s1. The number of nitrogens with one attached hydrogen (secondary N) is 1. The highest BCUT2D eigenvalue weighted by Crippen LogP contribution is 2.35. The zero-order valence-electron chi connectivity index (χ0n) is 15.0. The van der Waals surface area contributed by atoms with Crippen LogP contribution < -0.4 is 5.32 Å². The van der Waals surface area contributed by atoms with Gasteiger partial charge in [0.1, 0.15) is 0 Å². The minimum Gasteiger partial charge on any atom is -0.326 e. The average Bonchev–Trinajstić information content (AvgIpc) is 3.31. The summed E-state index contributed by atoms with van der Waals surface area (Å²) < 4.78 is 0. The molecule has 0 radical (unpaired) electrons. The lowest BCUT2D eigenvalue weighted by Crippen LogP contribution is -2.31. The largest absolute Gasteiger partial charge is 0.326 e. The summed E-state index contributed by atoms with van der Waals surface area (Å²) in [6.07, 6.45) is 0.230. The van der Waals surface area contributed by atoms with Crippen LogP contribution in [-0.4, -0.2) is 16.7 Å². The van der Waals surface area contributed by atoms with Crippen molar-refractivity contribution in [1.29, 1.82) is 0 Å². The molecule has 4 rings (SSSR count). The van der Waals surface area contributed by atoms with Crippen molar-refractivity contribution in [3.05, 3.63) is 87.6 Å². The Balaban J connectivity index is 1.55. The number of carbonyl (C=O) groups is 2. The Kier molecular flexibility index (Phi) is 4.77. The van der Waals surface area contributed by atoms with Crippen LogP contribution in [0.2, 0.25) is 0 Å². The van der Waals surface area contributed by atoms with Gasteiger partial charge in [-0.3, -0.25) is 9.59 Å². The summed E-state index contributed by atoms with van der Waals surface area (Å²) in [7, 11) is 0. The smallest absolute Gasteiger partial charge is 0.255 e. The lowest BCUT2D eigenvalue weighted by Gasteiger charge is -2.26. The zero-order valence-corrected chi connectivity index (χ0v) is 15.8. The molecule has 2 amide bonds. The van der Waals surface area contributed by atoms with Gasteiger partial charge in [0.05, 0.1) is 12.5 Å². The van der Waals surface area contributed by atoms with Gasteiger partial charge in [0.25, 0.3) is 5.91 Å². The van der Waals surface area contributed by atoms with Gasteiger partial charge in [0.2, 0.25) is 5.91 Å². The predicted molar refractivity (Wildman–Crippen MR) is 108 cm³/mol. The van der Waals surface area contributed by atoms with Crippen molar-refractivity contribution in [1.82, 2.24) is 4.90 Å². The van der Waals surface area contributed by atoms with Gasteiger partial charge in [-0.25, -0.2) is 0 Å². The highest BCUT2D eigenvalue weighted by molar-refractivity contribution is 7.10. The normalized spacial score (nSPS) is 14.1. The Morgan fingerprint density at radius 2 is 1.89 bits per heavy atom.